The molecule has 0 amide bonds. The summed E-state index contributed by atoms with van der Waals surface area (Å²) in [5, 5.41) is 0. The van der Waals surface area contributed by atoms with Crippen molar-refractivity contribution in [1.82, 2.24) is 0 Å². The van der Waals surface area contributed by atoms with Gasteiger partial charge in [-0.05, 0) is 6.42 Å². The molecule has 1 aliphatic heterocycles. The fourth-order valence-electron chi connectivity index (χ4n) is 1.66. The van der Waals surface area contributed by atoms with Crippen LogP contribution >= 0.6 is 0 Å². The fourth-order valence-corrected chi connectivity index (χ4v) is 1.66. The van der Waals surface area contributed by atoms with Crippen molar-refractivity contribution in [2.45, 2.75) is 46.0 Å². The highest BCUT2D eigenvalue weighted by Crippen LogP contribution is 2.26. The molecular weight excluding hydrogens is 176 g/mol. The van der Waals surface area contributed by atoms with Crippen LogP contribution in [0.2, 0.25) is 0 Å². The van der Waals surface area contributed by atoms with E-state index in [1.807, 2.05) is 0 Å². The normalized spacial score (nSPS) is 19.3. The van der Waals surface area contributed by atoms with Crippen LogP contribution in [0.4, 0.5) is 0 Å². The van der Waals surface area contributed by atoms with Crippen molar-refractivity contribution in [3.8, 4) is 0 Å². The van der Waals surface area contributed by atoms with E-state index in [-0.39, 0.29) is 0 Å². The molecule has 0 N–H and O–H groups in total. The zero-order valence-electron chi connectivity index (χ0n) is 9.68. The summed E-state index contributed by atoms with van der Waals surface area (Å²) in [6.07, 6.45) is 6.58. The molecule has 0 aromatic carbocycles. The molecule has 0 radical (unpaired) electrons. The summed E-state index contributed by atoms with van der Waals surface area (Å²) in [6.45, 7) is 8.03. The summed E-state index contributed by atoms with van der Waals surface area (Å²) in [7, 11) is 0. The molecule has 1 aliphatic rings. The van der Waals surface area contributed by atoms with E-state index in [0.29, 0.717) is 5.41 Å². The summed E-state index contributed by atoms with van der Waals surface area (Å²) >= 11 is 0. The summed E-state index contributed by atoms with van der Waals surface area (Å²) in [5.41, 5.74) is 0.323. The number of unbranched alkanes of at least 4 members (excludes halogenated alkanes) is 4. The molecule has 1 rings (SSSR count). The maximum atomic E-state index is 5.64. The predicted octanol–water partition coefficient (Wildman–Crippen LogP) is 3.01. The quantitative estimate of drug-likeness (QED) is 0.561. The molecule has 0 aromatic heterocycles. The first-order valence-electron chi connectivity index (χ1n) is 5.92. The highest BCUT2D eigenvalue weighted by Gasteiger charge is 2.33. The van der Waals surface area contributed by atoms with Gasteiger partial charge in [0, 0.05) is 12.0 Å². The van der Waals surface area contributed by atoms with Crippen molar-refractivity contribution in [3.05, 3.63) is 0 Å². The first-order valence-corrected chi connectivity index (χ1v) is 5.92. The lowest BCUT2D eigenvalue weighted by Gasteiger charge is -2.37. The van der Waals surface area contributed by atoms with E-state index in [0.717, 1.165) is 26.4 Å². The molecule has 0 unspecified atom stereocenters. The highest BCUT2D eigenvalue weighted by molar-refractivity contribution is 4.79. The van der Waals surface area contributed by atoms with E-state index in [1.54, 1.807) is 0 Å². The summed E-state index contributed by atoms with van der Waals surface area (Å²) < 4.78 is 10.8. The first kappa shape index (κ1) is 12.0. The molecule has 1 fully saturated rings. The van der Waals surface area contributed by atoms with Crippen molar-refractivity contribution in [2.24, 2.45) is 5.41 Å². The van der Waals surface area contributed by atoms with Gasteiger partial charge in [0.25, 0.3) is 0 Å². The van der Waals surface area contributed by atoms with E-state index in [9.17, 15) is 0 Å². The van der Waals surface area contributed by atoms with Gasteiger partial charge < -0.3 is 9.47 Å². The fraction of sp³-hybridized carbons (Fsp3) is 1.00. The van der Waals surface area contributed by atoms with Gasteiger partial charge in [-0.2, -0.15) is 0 Å². The molecule has 2 heteroatoms. The molecule has 0 spiro atoms. The summed E-state index contributed by atoms with van der Waals surface area (Å²) in [6, 6.07) is 0. The summed E-state index contributed by atoms with van der Waals surface area (Å²) in [4.78, 5) is 0. The Morgan fingerprint density at radius 1 is 1.14 bits per heavy atom. The Morgan fingerprint density at radius 3 is 2.43 bits per heavy atom. The van der Waals surface area contributed by atoms with Crippen LogP contribution in [0, 0.1) is 5.41 Å². The van der Waals surface area contributed by atoms with Crippen molar-refractivity contribution in [2.75, 3.05) is 26.4 Å². The average Bonchev–Trinajstić information content (AvgIpc) is 2.14. The molecule has 2 nitrogen and oxygen atoms in total. The Balaban J connectivity index is 1.80. The van der Waals surface area contributed by atoms with Gasteiger partial charge in [0.05, 0.1) is 19.8 Å². The van der Waals surface area contributed by atoms with Crippen LogP contribution in [0.5, 0.6) is 0 Å². The van der Waals surface area contributed by atoms with Gasteiger partial charge in [-0.15, -0.1) is 0 Å². The predicted molar refractivity (Wildman–Crippen MR) is 58.5 cm³/mol. The van der Waals surface area contributed by atoms with Crippen LogP contribution in [0.25, 0.3) is 0 Å². The largest absolute Gasteiger partial charge is 0.381 e. The lowest BCUT2D eigenvalue weighted by atomic mass is 9.90. The molecule has 0 aliphatic carbocycles. The maximum absolute atomic E-state index is 5.64. The minimum Gasteiger partial charge on any atom is -0.381 e. The van der Waals surface area contributed by atoms with Crippen molar-refractivity contribution in [1.29, 1.82) is 0 Å². The van der Waals surface area contributed by atoms with Crippen molar-refractivity contribution >= 4 is 0 Å². The minimum absolute atomic E-state index is 0.323. The monoisotopic (exact) mass is 200 g/mol. The molecular formula is C12H24O2. The third-order valence-corrected chi connectivity index (χ3v) is 2.74. The smallest absolute Gasteiger partial charge is 0.0564 e. The van der Waals surface area contributed by atoms with E-state index >= 15 is 0 Å². The van der Waals surface area contributed by atoms with Gasteiger partial charge in [0.15, 0.2) is 0 Å². The molecule has 1 heterocycles. The van der Waals surface area contributed by atoms with Crippen LogP contribution in [-0.4, -0.2) is 26.4 Å². The Morgan fingerprint density at radius 2 is 1.86 bits per heavy atom. The first-order chi connectivity index (χ1) is 6.77. The lowest BCUT2D eigenvalue weighted by Crippen LogP contribution is -2.43. The van der Waals surface area contributed by atoms with Crippen LogP contribution in [0.3, 0.4) is 0 Å². The molecule has 1 saturated heterocycles. The molecule has 14 heavy (non-hydrogen) atoms. The van der Waals surface area contributed by atoms with Crippen LogP contribution in [-0.2, 0) is 9.47 Å². The van der Waals surface area contributed by atoms with Crippen molar-refractivity contribution < 1.29 is 9.47 Å². The van der Waals surface area contributed by atoms with Crippen molar-refractivity contribution in [3.63, 3.8) is 0 Å². The van der Waals surface area contributed by atoms with Gasteiger partial charge in [-0.3, -0.25) is 0 Å². The zero-order valence-corrected chi connectivity index (χ0v) is 9.68. The Kier molecular flexibility index (Phi) is 5.49. The highest BCUT2D eigenvalue weighted by atomic mass is 16.5. The van der Waals surface area contributed by atoms with E-state index < -0.39 is 0 Å². The number of hydrogen-bond donors (Lipinski definition) is 0. The van der Waals surface area contributed by atoms with E-state index in [1.165, 1.54) is 32.1 Å². The van der Waals surface area contributed by atoms with Crippen LogP contribution < -0.4 is 0 Å². The Labute approximate surface area is 88.0 Å². The lowest BCUT2D eigenvalue weighted by molar-refractivity contribution is -0.137. The third kappa shape index (κ3) is 4.43. The van der Waals surface area contributed by atoms with Gasteiger partial charge in [0.2, 0.25) is 0 Å². The summed E-state index contributed by atoms with van der Waals surface area (Å²) in [5.74, 6) is 0. The standard InChI is InChI=1S/C12H24O2/c1-3-4-5-6-7-8-13-9-12(2)10-14-11-12/h3-11H2,1-2H3. The van der Waals surface area contributed by atoms with Gasteiger partial charge >= 0.3 is 0 Å². The second kappa shape index (κ2) is 6.41. The van der Waals surface area contributed by atoms with Gasteiger partial charge in [-0.1, -0.05) is 39.5 Å². The molecule has 0 saturated carbocycles. The maximum Gasteiger partial charge on any atom is 0.0564 e. The van der Waals surface area contributed by atoms with Crippen LogP contribution in [0.15, 0.2) is 0 Å². The topological polar surface area (TPSA) is 18.5 Å². The SMILES string of the molecule is CCCCCCCOCC1(C)COC1. The van der Waals surface area contributed by atoms with E-state index in [2.05, 4.69) is 13.8 Å². The molecule has 0 bridgehead atoms. The number of hydrogen-bond acceptors (Lipinski definition) is 2. The molecule has 0 atom stereocenters. The average molecular weight is 200 g/mol. The molecule has 0 aromatic rings. The Hall–Kier alpha value is -0.0800. The van der Waals surface area contributed by atoms with Gasteiger partial charge in [0.1, 0.15) is 0 Å². The minimum atomic E-state index is 0.323. The second-order valence-electron chi connectivity index (χ2n) is 4.77. The van der Waals surface area contributed by atoms with E-state index in [4.69, 9.17) is 9.47 Å². The zero-order chi connectivity index (χ0) is 10.3. The number of rotatable bonds is 8. The second-order valence-corrected chi connectivity index (χ2v) is 4.77. The van der Waals surface area contributed by atoms with Crippen LogP contribution in [0.1, 0.15) is 46.0 Å². The molecule has 84 valence electrons. The number of ether oxygens (including phenoxy) is 2. The Bertz CT molecular complexity index is 141. The van der Waals surface area contributed by atoms with Gasteiger partial charge in [-0.25, -0.2) is 0 Å². The third-order valence-electron chi connectivity index (χ3n) is 2.74.